The van der Waals surface area contributed by atoms with Crippen molar-refractivity contribution in [1.82, 2.24) is 15.0 Å². The number of carbonyl (C=O) groups is 1. The van der Waals surface area contributed by atoms with Gasteiger partial charge in [0.1, 0.15) is 6.04 Å². The van der Waals surface area contributed by atoms with Crippen molar-refractivity contribution < 1.29 is 19.0 Å². The number of ether oxygens (including phenoxy) is 3. The molecule has 0 aliphatic carbocycles. The summed E-state index contributed by atoms with van der Waals surface area (Å²) < 4.78 is 14.8. The van der Waals surface area contributed by atoms with Gasteiger partial charge in [0.2, 0.25) is 5.95 Å². The minimum atomic E-state index is -0.373. The molecule has 0 spiro atoms. The molecule has 1 aliphatic heterocycles. The van der Waals surface area contributed by atoms with Crippen LogP contribution < -0.4 is 14.4 Å². The average molecular weight is 268 g/mol. The molecule has 0 radical (unpaired) electrons. The molecule has 1 unspecified atom stereocenters. The molecule has 1 fully saturated rings. The van der Waals surface area contributed by atoms with E-state index in [2.05, 4.69) is 15.0 Å². The smallest absolute Gasteiger partial charge is 0.328 e. The van der Waals surface area contributed by atoms with E-state index in [4.69, 9.17) is 14.2 Å². The predicted octanol–water partition coefficient (Wildman–Crippen LogP) is 0.0306. The molecule has 1 saturated heterocycles. The fraction of sp³-hybridized carbons (Fsp3) is 0.636. The molecule has 104 valence electrons. The van der Waals surface area contributed by atoms with E-state index in [0.717, 1.165) is 6.42 Å². The van der Waals surface area contributed by atoms with Crippen LogP contribution in [0.5, 0.6) is 12.0 Å². The Balaban J connectivity index is 2.31. The highest BCUT2D eigenvalue weighted by Gasteiger charge is 2.34. The fourth-order valence-electron chi connectivity index (χ4n) is 2.03. The summed E-state index contributed by atoms with van der Waals surface area (Å²) in [5, 5.41) is 0. The second kappa shape index (κ2) is 5.68. The molecule has 0 bridgehead atoms. The monoisotopic (exact) mass is 268 g/mol. The number of rotatable bonds is 4. The van der Waals surface area contributed by atoms with Crippen LogP contribution in [-0.2, 0) is 9.53 Å². The lowest BCUT2D eigenvalue weighted by atomic mass is 10.2. The predicted molar refractivity (Wildman–Crippen MR) is 65.3 cm³/mol. The van der Waals surface area contributed by atoms with Gasteiger partial charge in [-0.2, -0.15) is 9.97 Å². The molecule has 1 aromatic rings. The summed E-state index contributed by atoms with van der Waals surface area (Å²) in [6, 6.07) is -0.0726. The molecule has 8 nitrogen and oxygen atoms in total. The Morgan fingerprint density at radius 1 is 1.16 bits per heavy atom. The number of esters is 1. The van der Waals surface area contributed by atoms with Crippen LogP contribution in [0.4, 0.5) is 5.95 Å². The van der Waals surface area contributed by atoms with Gasteiger partial charge in [-0.3, -0.25) is 0 Å². The second-order valence-corrected chi connectivity index (χ2v) is 3.98. The van der Waals surface area contributed by atoms with Crippen molar-refractivity contribution in [2.45, 2.75) is 18.9 Å². The quantitative estimate of drug-likeness (QED) is 0.707. The van der Waals surface area contributed by atoms with Gasteiger partial charge in [0, 0.05) is 6.54 Å². The second-order valence-electron chi connectivity index (χ2n) is 3.98. The highest BCUT2D eigenvalue weighted by molar-refractivity contribution is 5.79. The Morgan fingerprint density at radius 2 is 1.79 bits per heavy atom. The van der Waals surface area contributed by atoms with Crippen molar-refractivity contribution in [3.63, 3.8) is 0 Å². The standard InChI is InChI=1S/C11H16N4O4/c1-17-8(16)7-5-4-6-15(7)9-12-10(18-2)14-11(13-9)19-3/h7H,4-6H2,1-3H3. The normalized spacial score (nSPS) is 18.3. The average Bonchev–Trinajstić information content (AvgIpc) is 2.95. The van der Waals surface area contributed by atoms with Gasteiger partial charge < -0.3 is 19.1 Å². The Labute approximate surface area is 110 Å². The van der Waals surface area contributed by atoms with Crippen molar-refractivity contribution >= 4 is 11.9 Å². The van der Waals surface area contributed by atoms with Crippen molar-refractivity contribution in [3.05, 3.63) is 0 Å². The third kappa shape index (κ3) is 2.67. The lowest BCUT2D eigenvalue weighted by molar-refractivity contribution is -0.141. The molecule has 19 heavy (non-hydrogen) atoms. The highest BCUT2D eigenvalue weighted by atomic mass is 16.5. The van der Waals surface area contributed by atoms with E-state index in [9.17, 15) is 4.79 Å². The molecule has 1 aliphatic rings. The summed E-state index contributed by atoms with van der Waals surface area (Å²) in [7, 11) is 4.29. The third-order valence-corrected chi connectivity index (χ3v) is 2.93. The van der Waals surface area contributed by atoms with E-state index in [0.29, 0.717) is 18.9 Å². The van der Waals surface area contributed by atoms with Crippen molar-refractivity contribution in [2.24, 2.45) is 0 Å². The van der Waals surface area contributed by atoms with Crippen LogP contribution in [0.3, 0.4) is 0 Å². The van der Waals surface area contributed by atoms with Crippen LogP contribution >= 0.6 is 0 Å². The molecular weight excluding hydrogens is 252 g/mol. The van der Waals surface area contributed by atoms with Gasteiger partial charge >= 0.3 is 18.0 Å². The van der Waals surface area contributed by atoms with Gasteiger partial charge in [0.05, 0.1) is 21.3 Å². The topological polar surface area (TPSA) is 86.7 Å². The molecule has 1 aromatic heterocycles. The molecule has 0 N–H and O–H groups in total. The van der Waals surface area contributed by atoms with E-state index in [1.807, 2.05) is 0 Å². The van der Waals surface area contributed by atoms with Crippen LogP contribution in [0.15, 0.2) is 0 Å². The molecule has 8 heteroatoms. The Morgan fingerprint density at radius 3 is 2.32 bits per heavy atom. The zero-order valence-electron chi connectivity index (χ0n) is 11.1. The van der Waals surface area contributed by atoms with Gasteiger partial charge in [-0.15, -0.1) is 4.98 Å². The Hall–Kier alpha value is -2.12. The first-order valence-corrected chi connectivity index (χ1v) is 5.88. The lowest BCUT2D eigenvalue weighted by Gasteiger charge is -2.22. The van der Waals surface area contributed by atoms with Crippen LogP contribution in [0.1, 0.15) is 12.8 Å². The molecular formula is C11H16N4O4. The molecule has 1 atom stereocenters. The maximum Gasteiger partial charge on any atom is 0.328 e. The van der Waals surface area contributed by atoms with Gasteiger partial charge in [0.25, 0.3) is 0 Å². The van der Waals surface area contributed by atoms with Crippen LogP contribution in [0.2, 0.25) is 0 Å². The molecule has 0 amide bonds. The number of hydrogen-bond donors (Lipinski definition) is 0. The SMILES string of the molecule is COC(=O)C1CCCN1c1nc(OC)nc(OC)n1. The molecule has 0 saturated carbocycles. The van der Waals surface area contributed by atoms with Crippen molar-refractivity contribution in [1.29, 1.82) is 0 Å². The van der Waals surface area contributed by atoms with E-state index in [1.54, 1.807) is 4.90 Å². The minimum absolute atomic E-state index is 0.150. The van der Waals surface area contributed by atoms with Gasteiger partial charge in [-0.1, -0.05) is 0 Å². The lowest BCUT2D eigenvalue weighted by Crippen LogP contribution is -2.38. The van der Waals surface area contributed by atoms with E-state index in [1.165, 1.54) is 21.3 Å². The van der Waals surface area contributed by atoms with E-state index in [-0.39, 0.29) is 24.0 Å². The summed E-state index contributed by atoms with van der Waals surface area (Å²) in [5.74, 6) is 0.0624. The van der Waals surface area contributed by atoms with E-state index < -0.39 is 0 Å². The number of anilines is 1. The van der Waals surface area contributed by atoms with Gasteiger partial charge in [-0.05, 0) is 12.8 Å². The Kier molecular flexibility index (Phi) is 3.98. The summed E-state index contributed by atoms with van der Waals surface area (Å²) in [5.41, 5.74) is 0. The summed E-state index contributed by atoms with van der Waals surface area (Å²) in [6.07, 6.45) is 1.58. The molecule has 0 aromatic carbocycles. The zero-order valence-corrected chi connectivity index (χ0v) is 11.1. The maximum atomic E-state index is 11.7. The zero-order chi connectivity index (χ0) is 13.8. The highest BCUT2D eigenvalue weighted by Crippen LogP contribution is 2.25. The fourth-order valence-corrected chi connectivity index (χ4v) is 2.03. The first-order chi connectivity index (χ1) is 9.19. The maximum absolute atomic E-state index is 11.7. The number of nitrogens with zero attached hydrogens (tertiary/aromatic N) is 4. The number of methoxy groups -OCH3 is 3. The first-order valence-electron chi connectivity index (χ1n) is 5.88. The van der Waals surface area contributed by atoms with E-state index >= 15 is 0 Å². The van der Waals surface area contributed by atoms with Crippen LogP contribution in [0.25, 0.3) is 0 Å². The minimum Gasteiger partial charge on any atom is -0.467 e. The third-order valence-electron chi connectivity index (χ3n) is 2.93. The summed E-state index contributed by atoms with van der Waals surface area (Å²) >= 11 is 0. The van der Waals surface area contributed by atoms with Crippen molar-refractivity contribution in [2.75, 3.05) is 32.8 Å². The van der Waals surface area contributed by atoms with Gasteiger partial charge in [0.15, 0.2) is 0 Å². The number of carbonyl (C=O) groups excluding carboxylic acids is 1. The van der Waals surface area contributed by atoms with Crippen molar-refractivity contribution in [3.8, 4) is 12.0 Å². The number of hydrogen-bond acceptors (Lipinski definition) is 8. The van der Waals surface area contributed by atoms with Crippen LogP contribution in [-0.4, -0.2) is 54.8 Å². The largest absolute Gasteiger partial charge is 0.467 e. The first kappa shape index (κ1) is 13.3. The summed E-state index contributed by atoms with van der Waals surface area (Å²) in [6.45, 7) is 0.677. The molecule has 2 rings (SSSR count). The number of aromatic nitrogens is 3. The molecule has 2 heterocycles. The summed E-state index contributed by atoms with van der Waals surface area (Å²) in [4.78, 5) is 25.7. The van der Waals surface area contributed by atoms with Gasteiger partial charge in [-0.25, -0.2) is 4.79 Å². The van der Waals surface area contributed by atoms with Crippen LogP contribution in [0, 0.1) is 0 Å². The Bertz CT molecular complexity index is 446.